The Bertz CT molecular complexity index is 1830. The number of azo groups is 1. The minimum Gasteiger partial charge on any atom is -0.505 e. The summed E-state index contributed by atoms with van der Waals surface area (Å²) < 4.78 is 6.36. The fourth-order valence-corrected chi connectivity index (χ4v) is 4.33. The second kappa shape index (κ2) is 10.0. The van der Waals surface area contributed by atoms with Crippen LogP contribution >= 0.6 is 0 Å². The van der Waals surface area contributed by atoms with Crippen molar-refractivity contribution >= 4 is 28.4 Å². The average Bonchev–Trinajstić information content (AvgIpc) is 3.19. The molecule has 0 saturated carbocycles. The van der Waals surface area contributed by atoms with Gasteiger partial charge in [0, 0.05) is 16.6 Å². The molecule has 0 unspecified atom stereocenters. The third kappa shape index (κ3) is 4.74. The largest absolute Gasteiger partial charge is 0.511 e. The fourth-order valence-electron chi connectivity index (χ4n) is 4.33. The van der Waals surface area contributed by atoms with Crippen LogP contribution < -0.4 is 4.74 Å². The SMILES string of the molecule is Cc1ccc(-n2c(O)c(N=Nc3cccc(-c4cccc(OC(=O)O)c4)c3O)c3cc(C#N)ccc32)cc1C. The van der Waals surface area contributed by atoms with Gasteiger partial charge in [0.05, 0.1) is 17.1 Å². The van der Waals surface area contributed by atoms with Crippen LogP contribution in [0.2, 0.25) is 0 Å². The standard InChI is InChI=1S/C30H22N4O5/c1-17-9-11-21(13-18(17)2)34-26-12-10-19(16-31)14-24(26)27(29(34)36)33-32-25-8-4-7-23(28(25)35)20-5-3-6-22(15-20)39-30(37)38/h3-15,35-36H,1-2H3,(H,37,38). The van der Waals surface area contributed by atoms with Gasteiger partial charge in [-0.3, -0.25) is 4.57 Å². The van der Waals surface area contributed by atoms with Crippen molar-refractivity contribution in [1.29, 1.82) is 5.26 Å². The molecule has 9 nitrogen and oxygen atoms in total. The zero-order valence-corrected chi connectivity index (χ0v) is 21.0. The van der Waals surface area contributed by atoms with E-state index < -0.39 is 6.16 Å². The molecule has 0 spiro atoms. The van der Waals surface area contributed by atoms with Crippen LogP contribution in [0.1, 0.15) is 16.7 Å². The van der Waals surface area contributed by atoms with Crippen LogP contribution in [0.15, 0.2) is 89.1 Å². The molecule has 39 heavy (non-hydrogen) atoms. The minimum absolute atomic E-state index is 0.101. The number of ether oxygens (including phenoxy) is 1. The van der Waals surface area contributed by atoms with E-state index in [9.17, 15) is 20.3 Å². The van der Waals surface area contributed by atoms with Gasteiger partial charge in [-0.15, -0.1) is 10.2 Å². The highest BCUT2D eigenvalue weighted by Gasteiger charge is 2.19. The summed E-state index contributed by atoms with van der Waals surface area (Å²) in [6, 6.07) is 24.1. The van der Waals surface area contributed by atoms with Gasteiger partial charge in [0.2, 0.25) is 5.88 Å². The number of phenolic OH excluding ortho intramolecular Hbond substituents is 1. The van der Waals surface area contributed by atoms with E-state index in [1.165, 1.54) is 12.1 Å². The molecule has 1 heterocycles. The molecule has 1 aromatic heterocycles. The van der Waals surface area contributed by atoms with Gasteiger partial charge in [-0.2, -0.15) is 5.26 Å². The van der Waals surface area contributed by atoms with Crippen molar-refractivity contribution in [2.75, 3.05) is 0 Å². The average molecular weight is 519 g/mol. The molecule has 0 fully saturated rings. The number of phenols is 1. The second-order valence-electron chi connectivity index (χ2n) is 8.89. The zero-order chi connectivity index (χ0) is 27.7. The van der Waals surface area contributed by atoms with E-state index >= 15 is 0 Å². The topological polar surface area (TPSA) is 140 Å². The maximum atomic E-state index is 11.3. The Morgan fingerprint density at radius 1 is 0.923 bits per heavy atom. The molecule has 5 rings (SSSR count). The van der Waals surface area contributed by atoms with E-state index in [2.05, 4.69) is 16.3 Å². The van der Waals surface area contributed by atoms with Crippen LogP contribution in [-0.4, -0.2) is 26.0 Å². The number of fused-ring (bicyclic) bond motifs is 1. The van der Waals surface area contributed by atoms with Crippen LogP contribution in [0.5, 0.6) is 17.4 Å². The number of carboxylic acid groups (broad SMARTS) is 1. The molecule has 0 aliphatic heterocycles. The van der Waals surface area contributed by atoms with Gasteiger partial charge < -0.3 is 20.1 Å². The first kappa shape index (κ1) is 25.0. The van der Waals surface area contributed by atoms with Crippen LogP contribution in [-0.2, 0) is 0 Å². The normalized spacial score (nSPS) is 11.1. The quantitative estimate of drug-likeness (QED) is 0.124. The molecule has 4 aromatic carbocycles. The van der Waals surface area contributed by atoms with Crippen molar-refractivity contribution in [1.82, 2.24) is 4.57 Å². The van der Waals surface area contributed by atoms with Crippen molar-refractivity contribution in [2.24, 2.45) is 10.2 Å². The van der Waals surface area contributed by atoms with Gasteiger partial charge in [0.15, 0.2) is 11.4 Å². The third-order valence-corrected chi connectivity index (χ3v) is 6.42. The molecule has 0 radical (unpaired) electrons. The highest BCUT2D eigenvalue weighted by atomic mass is 16.7. The van der Waals surface area contributed by atoms with E-state index in [4.69, 9.17) is 9.84 Å². The Morgan fingerprint density at radius 3 is 2.46 bits per heavy atom. The van der Waals surface area contributed by atoms with Gasteiger partial charge in [-0.05, 0) is 79.1 Å². The molecule has 9 heteroatoms. The minimum atomic E-state index is -1.45. The van der Waals surface area contributed by atoms with Gasteiger partial charge in [-0.25, -0.2) is 4.79 Å². The maximum Gasteiger partial charge on any atom is 0.511 e. The van der Waals surface area contributed by atoms with Gasteiger partial charge in [0.25, 0.3) is 0 Å². The zero-order valence-electron chi connectivity index (χ0n) is 21.0. The number of aryl methyl sites for hydroxylation is 2. The number of nitriles is 1. The van der Waals surface area contributed by atoms with Gasteiger partial charge in [-0.1, -0.05) is 30.3 Å². The molecule has 5 aromatic rings. The lowest BCUT2D eigenvalue weighted by Gasteiger charge is -2.09. The lowest BCUT2D eigenvalue weighted by Crippen LogP contribution is -2.02. The number of hydrogen-bond acceptors (Lipinski definition) is 7. The van der Waals surface area contributed by atoms with E-state index in [-0.39, 0.29) is 28.8 Å². The highest BCUT2D eigenvalue weighted by Crippen LogP contribution is 2.44. The summed E-state index contributed by atoms with van der Waals surface area (Å²) in [7, 11) is 0. The van der Waals surface area contributed by atoms with Crippen molar-refractivity contribution in [3.05, 3.63) is 95.6 Å². The number of hydrogen-bond donors (Lipinski definition) is 3. The molecule has 0 saturated heterocycles. The summed E-state index contributed by atoms with van der Waals surface area (Å²) in [5.74, 6) is -0.256. The van der Waals surface area contributed by atoms with E-state index in [1.807, 2.05) is 32.0 Å². The van der Waals surface area contributed by atoms with Gasteiger partial charge >= 0.3 is 6.16 Å². The maximum absolute atomic E-state index is 11.3. The first-order chi connectivity index (χ1) is 18.8. The van der Waals surface area contributed by atoms with Crippen molar-refractivity contribution < 1.29 is 24.9 Å². The number of para-hydroxylation sites is 1. The summed E-state index contributed by atoms with van der Waals surface area (Å²) >= 11 is 0. The molecule has 0 aliphatic carbocycles. The fraction of sp³-hybridized carbons (Fsp3) is 0.0667. The summed E-state index contributed by atoms with van der Waals surface area (Å²) in [5.41, 5.74) is 5.07. The second-order valence-corrected chi connectivity index (χ2v) is 8.89. The van der Waals surface area contributed by atoms with E-state index in [1.54, 1.807) is 53.1 Å². The number of rotatable bonds is 5. The number of nitrogens with zero attached hydrogens (tertiary/aromatic N) is 4. The Labute approximate surface area is 223 Å². The predicted molar refractivity (Wildman–Crippen MR) is 146 cm³/mol. The first-order valence-corrected chi connectivity index (χ1v) is 11.9. The molecular weight excluding hydrogens is 496 g/mol. The van der Waals surface area contributed by atoms with Gasteiger partial charge in [0.1, 0.15) is 11.4 Å². The van der Waals surface area contributed by atoms with E-state index in [0.29, 0.717) is 27.6 Å². The Hall–Kier alpha value is -5.62. The number of aromatic nitrogens is 1. The van der Waals surface area contributed by atoms with Crippen LogP contribution in [0, 0.1) is 25.2 Å². The molecule has 3 N–H and O–H groups in total. The molecule has 0 bridgehead atoms. The molecule has 192 valence electrons. The predicted octanol–water partition coefficient (Wildman–Crippen LogP) is 7.67. The highest BCUT2D eigenvalue weighted by molar-refractivity contribution is 5.97. The smallest absolute Gasteiger partial charge is 0.505 e. The summed E-state index contributed by atoms with van der Waals surface area (Å²) in [5, 5.41) is 49.6. The van der Waals surface area contributed by atoms with E-state index in [0.717, 1.165) is 16.8 Å². The van der Waals surface area contributed by atoms with Crippen LogP contribution in [0.4, 0.5) is 16.2 Å². The molecule has 0 amide bonds. The lowest BCUT2D eigenvalue weighted by molar-refractivity contribution is 0.144. The Balaban J connectivity index is 1.61. The monoisotopic (exact) mass is 518 g/mol. The summed E-state index contributed by atoms with van der Waals surface area (Å²) in [4.78, 5) is 10.9. The summed E-state index contributed by atoms with van der Waals surface area (Å²) in [6.45, 7) is 3.98. The first-order valence-electron chi connectivity index (χ1n) is 11.9. The van der Waals surface area contributed by atoms with Crippen molar-refractivity contribution in [3.8, 4) is 40.3 Å². The van der Waals surface area contributed by atoms with Crippen molar-refractivity contribution in [3.63, 3.8) is 0 Å². The Kier molecular flexibility index (Phi) is 6.44. The Morgan fingerprint density at radius 2 is 1.72 bits per heavy atom. The number of carbonyl (C=O) groups is 1. The van der Waals surface area contributed by atoms with Crippen LogP contribution in [0.3, 0.4) is 0 Å². The van der Waals surface area contributed by atoms with Crippen LogP contribution in [0.25, 0.3) is 27.7 Å². The van der Waals surface area contributed by atoms with Crippen molar-refractivity contribution in [2.45, 2.75) is 13.8 Å². The lowest BCUT2D eigenvalue weighted by atomic mass is 10.0. The molecule has 0 aliphatic rings. The molecule has 0 atom stereocenters. The number of aromatic hydroxyl groups is 2. The molecular formula is C30H22N4O5. The number of benzene rings is 4. The summed E-state index contributed by atoms with van der Waals surface area (Å²) in [6.07, 6.45) is -1.45. The third-order valence-electron chi connectivity index (χ3n) is 6.42.